The van der Waals surface area contributed by atoms with Gasteiger partial charge in [-0.1, -0.05) is 48.5 Å². The molecule has 106 valence electrons. The van der Waals surface area contributed by atoms with Crippen molar-refractivity contribution in [2.24, 2.45) is 0 Å². The Morgan fingerprint density at radius 2 is 1.76 bits per heavy atom. The van der Waals surface area contributed by atoms with Crippen molar-refractivity contribution in [1.29, 1.82) is 0 Å². The molecule has 0 aromatic heterocycles. The second-order valence-corrected chi connectivity index (χ2v) is 5.97. The number of ketones is 1. The average molecular weight is 297 g/mol. The highest BCUT2D eigenvalue weighted by molar-refractivity contribution is 7.99. The van der Waals surface area contributed by atoms with E-state index in [4.69, 9.17) is 0 Å². The van der Waals surface area contributed by atoms with Gasteiger partial charge in [-0.25, -0.2) is 0 Å². The van der Waals surface area contributed by atoms with Crippen LogP contribution in [0.2, 0.25) is 0 Å². The monoisotopic (exact) mass is 297 g/mol. The van der Waals surface area contributed by atoms with Gasteiger partial charge in [-0.05, 0) is 11.6 Å². The highest BCUT2D eigenvalue weighted by atomic mass is 32.2. The molecule has 0 bridgehead atoms. The van der Waals surface area contributed by atoms with Gasteiger partial charge in [0.25, 0.3) is 0 Å². The Morgan fingerprint density at radius 1 is 1.05 bits per heavy atom. The predicted molar refractivity (Wildman–Crippen MR) is 83.7 cm³/mol. The van der Waals surface area contributed by atoms with Gasteiger partial charge in [0.15, 0.2) is 5.78 Å². The molecule has 4 heteroatoms. The maximum Gasteiger partial charge on any atom is 0.228 e. The molecule has 0 fully saturated rings. The zero-order valence-corrected chi connectivity index (χ0v) is 12.2. The Morgan fingerprint density at radius 3 is 2.57 bits per heavy atom. The van der Waals surface area contributed by atoms with Crippen molar-refractivity contribution in [3.63, 3.8) is 0 Å². The number of hydrogen-bond donors (Lipinski definition) is 1. The molecule has 2 aromatic rings. The van der Waals surface area contributed by atoms with Gasteiger partial charge in [-0.15, -0.1) is 11.8 Å². The van der Waals surface area contributed by atoms with Crippen LogP contribution in [0.3, 0.4) is 0 Å². The van der Waals surface area contributed by atoms with Crippen molar-refractivity contribution in [3.8, 4) is 0 Å². The molecule has 0 radical (unpaired) electrons. The molecule has 21 heavy (non-hydrogen) atoms. The average Bonchev–Trinajstić information content (AvgIpc) is 2.97. The van der Waals surface area contributed by atoms with Crippen LogP contribution in [0.1, 0.15) is 21.8 Å². The molecule has 1 N–H and O–H groups in total. The van der Waals surface area contributed by atoms with Crippen molar-refractivity contribution in [2.75, 3.05) is 12.3 Å². The largest absolute Gasteiger partial charge is 0.348 e. The van der Waals surface area contributed by atoms with Crippen LogP contribution < -0.4 is 5.32 Å². The second kappa shape index (κ2) is 6.14. The van der Waals surface area contributed by atoms with Gasteiger partial charge in [0, 0.05) is 16.2 Å². The lowest BCUT2D eigenvalue weighted by molar-refractivity contribution is -0.121. The molecule has 0 spiro atoms. The van der Waals surface area contributed by atoms with Gasteiger partial charge in [-0.3, -0.25) is 9.59 Å². The summed E-state index contributed by atoms with van der Waals surface area (Å²) < 4.78 is 0. The van der Waals surface area contributed by atoms with Gasteiger partial charge in [0.2, 0.25) is 5.91 Å². The van der Waals surface area contributed by atoms with Crippen LogP contribution in [-0.2, 0) is 4.79 Å². The third-order valence-electron chi connectivity index (χ3n) is 3.54. The Kier molecular flexibility index (Phi) is 4.06. The van der Waals surface area contributed by atoms with Crippen LogP contribution in [0.5, 0.6) is 0 Å². The van der Waals surface area contributed by atoms with E-state index in [2.05, 4.69) is 5.32 Å². The summed E-state index contributed by atoms with van der Waals surface area (Å²) in [6.07, 6.45) is 0. The Balaban J connectivity index is 1.62. The first kappa shape index (κ1) is 13.9. The van der Waals surface area contributed by atoms with E-state index in [1.54, 1.807) is 23.9 Å². The maximum atomic E-state index is 12.3. The first-order chi connectivity index (χ1) is 10.3. The summed E-state index contributed by atoms with van der Waals surface area (Å²) >= 11 is 1.69. The molecule has 1 aliphatic rings. The smallest absolute Gasteiger partial charge is 0.228 e. The summed E-state index contributed by atoms with van der Waals surface area (Å²) in [6, 6.07) is 17.0. The summed E-state index contributed by atoms with van der Waals surface area (Å²) in [5.41, 5.74) is 1.69. The van der Waals surface area contributed by atoms with E-state index in [0.29, 0.717) is 5.56 Å². The van der Waals surface area contributed by atoms with Crippen molar-refractivity contribution >= 4 is 23.5 Å². The van der Waals surface area contributed by atoms with E-state index < -0.39 is 0 Å². The summed E-state index contributed by atoms with van der Waals surface area (Å²) in [6.45, 7) is 0.0478. The molecule has 1 heterocycles. The van der Waals surface area contributed by atoms with Gasteiger partial charge in [0.05, 0.1) is 12.5 Å². The molecular formula is C17H15NO2S. The van der Waals surface area contributed by atoms with Crippen molar-refractivity contribution in [2.45, 2.75) is 10.8 Å². The van der Waals surface area contributed by atoms with E-state index in [0.717, 1.165) is 16.2 Å². The molecule has 0 saturated heterocycles. The molecule has 2 aromatic carbocycles. The van der Waals surface area contributed by atoms with E-state index in [9.17, 15) is 9.59 Å². The van der Waals surface area contributed by atoms with Gasteiger partial charge in [0.1, 0.15) is 0 Å². The molecule has 3 nitrogen and oxygen atoms in total. The molecule has 0 aliphatic carbocycles. The number of amides is 1. The van der Waals surface area contributed by atoms with Gasteiger partial charge < -0.3 is 5.32 Å². The maximum absolute atomic E-state index is 12.3. The summed E-state index contributed by atoms with van der Waals surface area (Å²) in [4.78, 5) is 25.4. The van der Waals surface area contributed by atoms with Gasteiger partial charge in [-0.2, -0.15) is 0 Å². The number of benzene rings is 2. The number of nitrogens with one attached hydrogen (secondary N) is 1. The normalized spacial score (nSPS) is 16.3. The molecule has 1 atom stereocenters. The third-order valence-corrected chi connectivity index (χ3v) is 4.72. The zero-order valence-electron chi connectivity index (χ0n) is 11.4. The third kappa shape index (κ3) is 3.00. The minimum Gasteiger partial charge on any atom is -0.348 e. The second-order valence-electron chi connectivity index (χ2n) is 4.91. The summed E-state index contributed by atoms with van der Waals surface area (Å²) in [7, 11) is 0. The first-order valence-electron chi connectivity index (χ1n) is 6.83. The number of thioether (sulfide) groups is 1. The van der Waals surface area contributed by atoms with E-state index in [1.807, 2.05) is 42.5 Å². The minimum absolute atomic E-state index is 0.0478. The van der Waals surface area contributed by atoms with Crippen LogP contribution in [0.15, 0.2) is 59.5 Å². The summed E-state index contributed by atoms with van der Waals surface area (Å²) in [5, 5.41) is 2.76. The van der Waals surface area contributed by atoms with Crippen molar-refractivity contribution in [1.82, 2.24) is 5.32 Å². The van der Waals surface area contributed by atoms with Gasteiger partial charge >= 0.3 is 0 Å². The molecular weight excluding hydrogens is 282 g/mol. The molecule has 1 aliphatic heterocycles. The lowest BCUT2D eigenvalue weighted by atomic mass is 10.0. The van der Waals surface area contributed by atoms with Crippen LogP contribution in [0.4, 0.5) is 0 Å². The fraction of sp³-hybridized carbons (Fsp3) is 0.176. The van der Waals surface area contributed by atoms with Crippen LogP contribution >= 0.6 is 11.8 Å². The molecule has 0 saturated carbocycles. The predicted octanol–water partition coefficient (Wildman–Crippen LogP) is 2.88. The highest BCUT2D eigenvalue weighted by Gasteiger charge is 2.28. The number of fused-ring (bicyclic) bond motifs is 1. The van der Waals surface area contributed by atoms with Crippen LogP contribution in [-0.4, -0.2) is 24.0 Å². The lowest BCUT2D eigenvalue weighted by Gasteiger charge is -2.11. The van der Waals surface area contributed by atoms with E-state index >= 15 is 0 Å². The number of carbonyl (C=O) groups excluding carboxylic acids is 2. The lowest BCUT2D eigenvalue weighted by Crippen LogP contribution is -2.33. The van der Waals surface area contributed by atoms with Crippen molar-refractivity contribution in [3.05, 3.63) is 65.7 Å². The quantitative estimate of drug-likeness (QED) is 0.883. The first-order valence-corrected chi connectivity index (χ1v) is 7.82. The topological polar surface area (TPSA) is 46.2 Å². The van der Waals surface area contributed by atoms with Crippen molar-refractivity contribution < 1.29 is 9.59 Å². The SMILES string of the molecule is O=C(CNC(=O)C1CSc2ccccc21)c1ccccc1. The number of hydrogen-bond acceptors (Lipinski definition) is 3. The zero-order chi connectivity index (χ0) is 14.7. The fourth-order valence-corrected chi connectivity index (χ4v) is 3.63. The Hall–Kier alpha value is -2.07. The fourth-order valence-electron chi connectivity index (χ4n) is 2.40. The van der Waals surface area contributed by atoms with Crippen LogP contribution in [0, 0.1) is 0 Å². The number of carbonyl (C=O) groups is 2. The molecule has 1 unspecified atom stereocenters. The summed E-state index contributed by atoms with van der Waals surface area (Å²) in [5.74, 6) is 0.444. The Labute approximate surface area is 127 Å². The van der Waals surface area contributed by atoms with E-state index in [1.165, 1.54) is 0 Å². The number of rotatable bonds is 4. The van der Waals surface area contributed by atoms with Crippen LogP contribution in [0.25, 0.3) is 0 Å². The molecule has 1 amide bonds. The Bertz CT molecular complexity index is 670. The standard InChI is InChI=1S/C17H15NO2S/c19-15(12-6-2-1-3-7-12)10-18-17(20)14-11-21-16-9-5-4-8-13(14)16/h1-9,14H,10-11H2,(H,18,20). The highest BCUT2D eigenvalue weighted by Crippen LogP contribution is 2.39. The number of Topliss-reactive ketones (excluding diaryl/α,β-unsaturated/α-hetero) is 1. The molecule has 3 rings (SSSR count). The minimum atomic E-state index is -0.158. The van der Waals surface area contributed by atoms with E-state index in [-0.39, 0.29) is 24.2 Å².